The molecule has 0 rings (SSSR count). The summed E-state index contributed by atoms with van der Waals surface area (Å²) in [7, 11) is 5.91. The molecule has 0 saturated carbocycles. The van der Waals surface area contributed by atoms with Crippen LogP contribution in [-0.2, 0) is 33.3 Å². The maximum Gasteiger partial charge on any atom is 0.306 e. The number of esters is 2. The fraction of sp³-hybridized carbons (Fsp3) is 0.635. The highest BCUT2D eigenvalue weighted by molar-refractivity contribution is 5.70. The second kappa shape index (κ2) is 63.2. The van der Waals surface area contributed by atoms with Crippen LogP contribution in [0.5, 0.6) is 0 Å². The van der Waals surface area contributed by atoms with Crippen LogP contribution in [0.1, 0.15) is 245 Å². The standard InChI is InChI=1S/C74H121NO8/c1-6-8-10-12-14-16-18-20-22-24-26-27-28-29-30-31-32-33-34-35-36-37-38-39-40-41-42-43-44-45-47-49-51-53-55-57-59-61-63-65-72(77)83-70(69-82-74(73(78)79)80-67-66-75(3,4)5)68-81-71(76)64-62-60-58-56-54-52-50-48-46-25-23-21-19-17-15-13-11-9-7-2/h8-11,14-17,20-23,26-27,29-30,32-33,35-36,38-39,46,48,70,74H,6-7,12-13,18-19,24-25,28,31,34,37,40-45,47,49-69H2,1-5H3/b10-8-,11-9-,16-14-,17-15-,22-20-,23-21-,27-26-,30-29-,33-32-,36-35-,39-38-,48-46-. The molecule has 0 fully saturated rings. The van der Waals surface area contributed by atoms with Crippen LogP contribution < -0.4 is 5.11 Å². The van der Waals surface area contributed by atoms with Crippen LogP contribution in [0.3, 0.4) is 0 Å². The minimum absolute atomic E-state index is 0.139. The topological polar surface area (TPSA) is 111 Å². The van der Waals surface area contributed by atoms with Crippen molar-refractivity contribution >= 4 is 17.9 Å². The summed E-state index contributed by atoms with van der Waals surface area (Å²) in [4.78, 5) is 37.4. The van der Waals surface area contributed by atoms with Gasteiger partial charge in [-0.2, -0.15) is 0 Å². The van der Waals surface area contributed by atoms with Gasteiger partial charge in [0, 0.05) is 12.8 Å². The predicted molar refractivity (Wildman–Crippen MR) is 352 cm³/mol. The average molecular weight is 1150 g/mol. The second-order valence-electron chi connectivity index (χ2n) is 22.6. The van der Waals surface area contributed by atoms with Crippen LogP contribution in [0.2, 0.25) is 0 Å². The van der Waals surface area contributed by atoms with Gasteiger partial charge >= 0.3 is 11.9 Å². The molecule has 0 spiro atoms. The molecular formula is C74H121NO8. The molecule has 0 N–H and O–H groups in total. The number of allylic oxidation sites excluding steroid dienone is 24. The lowest BCUT2D eigenvalue weighted by Crippen LogP contribution is -2.44. The first-order valence-electron chi connectivity index (χ1n) is 33.0. The largest absolute Gasteiger partial charge is 0.545 e. The number of rotatable bonds is 59. The molecule has 9 heteroatoms. The molecule has 2 atom stereocenters. The molecule has 9 nitrogen and oxygen atoms in total. The number of carboxylic acids is 1. The number of hydrogen-bond acceptors (Lipinski definition) is 8. The lowest BCUT2D eigenvalue weighted by Gasteiger charge is -2.26. The van der Waals surface area contributed by atoms with E-state index in [0.29, 0.717) is 17.4 Å². The smallest absolute Gasteiger partial charge is 0.306 e. The van der Waals surface area contributed by atoms with Crippen LogP contribution in [0.25, 0.3) is 0 Å². The van der Waals surface area contributed by atoms with E-state index in [4.69, 9.17) is 18.9 Å². The maximum atomic E-state index is 12.9. The van der Waals surface area contributed by atoms with Crippen LogP contribution >= 0.6 is 0 Å². The Morgan fingerprint density at radius 3 is 0.964 bits per heavy atom. The van der Waals surface area contributed by atoms with E-state index in [0.717, 1.165) is 141 Å². The van der Waals surface area contributed by atoms with Crippen molar-refractivity contribution < 1.29 is 42.9 Å². The highest BCUT2D eigenvalue weighted by Crippen LogP contribution is 2.16. The van der Waals surface area contributed by atoms with E-state index in [1.54, 1.807) is 0 Å². The predicted octanol–water partition coefficient (Wildman–Crippen LogP) is 19.0. The van der Waals surface area contributed by atoms with Crippen molar-refractivity contribution in [2.75, 3.05) is 47.5 Å². The summed E-state index contributed by atoms with van der Waals surface area (Å²) >= 11 is 0. The van der Waals surface area contributed by atoms with Gasteiger partial charge in [-0.3, -0.25) is 9.59 Å². The Morgan fingerprint density at radius 2 is 0.651 bits per heavy atom. The van der Waals surface area contributed by atoms with Gasteiger partial charge in [-0.25, -0.2) is 0 Å². The summed E-state index contributed by atoms with van der Waals surface area (Å²) in [6.07, 6.45) is 89.2. The third-order valence-corrected chi connectivity index (χ3v) is 13.6. The summed E-state index contributed by atoms with van der Waals surface area (Å²) in [6.45, 7) is 4.49. The summed E-state index contributed by atoms with van der Waals surface area (Å²) in [6, 6.07) is 0. The first-order chi connectivity index (χ1) is 40.6. The third kappa shape index (κ3) is 64.6. The number of unbranched alkanes of at least 4 members (excludes halogenated alkanes) is 20. The van der Waals surface area contributed by atoms with Crippen molar-refractivity contribution in [2.24, 2.45) is 0 Å². The highest BCUT2D eigenvalue weighted by atomic mass is 16.7. The Labute approximate surface area is 509 Å². The Balaban J connectivity index is 4.14. The van der Waals surface area contributed by atoms with Crippen molar-refractivity contribution in [3.05, 3.63) is 146 Å². The Morgan fingerprint density at radius 1 is 0.361 bits per heavy atom. The van der Waals surface area contributed by atoms with Gasteiger partial charge in [0.2, 0.25) is 0 Å². The number of carbonyl (C=O) groups is 3. The van der Waals surface area contributed by atoms with E-state index in [1.165, 1.54) is 70.6 Å². The van der Waals surface area contributed by atoms with Gasteiger partial charge in [-0.15, -0.1) is 0 Å². The number of likely N-dealkylation sites (N-methyl/N-ethyl adjacent to an activating group) is 1. The molecular weight excluding hydrogens is 1030 g/mol. The van der Waals surface area contributed by atoms with Gasteiger partial charge in [0.05, 0.1) is 40.3 Å². The zero-order chi connectivity index (χ0) is 60.5. The van der Waals surface area contributed by atoms with Gasteiger partial charge in [0.1, 0.15) is 13.2 Å². The molecule has 0 aliphatic heterocycles. The number of hydrogen-bond donors (Lipinski definition) is 0. The molecule has 0 saturated heterocycles. The van der Waals surface area contributed by atoms with Crippen molar-refractivity contribution in [3.8, 4) is 0 Å². The van der Waals surface area contributed by atoms with Crippen LogP contribution in [0, 0.1) is 0 Å². The van der Waals surface area contributed by atoms with E-state index in [-0.39, 0.29) is 38.6 Å². The Bertz CT molecular complexity index is 1870. The van der Waals surface area contributed by atoms with Crippen molar-refractivity contribution in [1.29, 1.82) is 0 Å². The first-order valence-corrected chi connectivity index (χ1v) is 33.0. The molecule has 0 aliphatic rings. The lowest BCUT2D eigenvalue weighted by molar-refractivity contribution is -0.870. The molecule has 0 aromatic carbocycles. The van der Waals surface area contributed by atoms with Crippen LogP contribution in [0.4, 0.5) is 0 Å². The number of nitrogens with zero attached hydrogens (tertiary/aromatic N) is 1. The number of carbonyl (C=O) groups excluding carboxylic acids is 3. The average Bonchev–Trinajstić information content (AvgIpc) is 3.46. The van der Waals surface area contributed by atoms with Gasteiger partial charge in [0.15, 0.2) is 12.4 Å². The number of aliphatic carboxylic acids is 1. The quantitative estimate of drug-likeness (QED) is 0.0195. The fourth-order valence-electron chi connectivity index (χ4n) is 8.60. The summed E-state index contributed by atoms with van der Waals surface area (Å²) in [5.74, 6) is -2.31. The van der Waals surface area contributed by atoms with E-state index in [2.05, 4.69) is 160 Å². The molecule has 470 valence electrons. The minimum atomic E-state index is -1.63. The maximum absolute atomic E-state index is 12.9. The van der Waals surface area contributed by atoms with Crippen LogP contribution in [0.15, 0.2) is 146 Å². The number of ether oxygens (including phenoxy) is 4. The van der Waals surface area contributed by atoms with Gasteiger partial charge < -0.3 is 33.3 Å². The molecule has 0 amide bonds. The number of quaternary nitrogens is 1. The van der Waals surface area contributed by atoms with Crippen molar-refractivity contribution in [2.45, 2.75) is 257 Å². The Kier molecular flexibility index (Phi) is 59.5. The molecule has 83 heavy (non-hydrogen) atoms. The molecule has 0 heterocycles. The molecule has 0 bridgehead atoms. The van der Waals surface area contributed by atoms with Crippen molar-refractivity contribution in [1.82, 2.24) is 0 Å². The fourth-order valence-corrected chi connectivity index (χ4v) is 8.60. The molecule has 2 unspecified atom stereocenters. The third-order valence-electron chi connectivity index (χ3n) is 13.6. The zero-order valence-electron chi connectivity index (χ0n) is 53.5. The van der Waals surface area contributed by atoms with E-state index >= 15 is 0 Å². The van der Waals surface area contributed by atoms with E-state index in [9.17, 15) is 19.5 Å². The molecule has 0 aliphatic carbocycles. The summed E-state index contributed by atoms with van der Waals surface area (Å²) < 4.78 is 22.7. The Hall–Kier alpha value is -4.83. The highest BCUT2D eigenvalue weighted by Gasteiger charge is 2.22. The lowest BCUT2D eigenvalue weighted by atomic mass is 10.0. The second-order valence-corrected chi connectivity index (χ2v) is 22.6. The molecule has 0 radical (unpaired) electrons. The molecule has 0 aromatic rings. The van der Waals surface area contributed by atoms with Crippen molar-refractivity contribution in [3.63, 3.8) is 0 Å². The number of carboxylic acid groups (broad SMARTS) is 1. The van der Waals surface area contributed by atoms with Crippen LogP contribution in [-0.4, -0.2) is 82.3 Å². The summed E-state index contributed by atoms with van der Waals surface area (Å²) in [5.41, 5.74) is 0. The minimum Gasteiger partial charge on any atom is -0.545 e. The van der Waals surface area contributed by atoms with E-state index < -0.39 is 24.3 Å². The van der Waals surface area contributed by atoms with E-state index in [1.807, 2.05) is 21.1 Å². The SMILES string of the molecule is CC/C=C\C/C=C\C/C=C\C/C=C\C/C=C\C/C=C\C/C=C\C/C=C\CCCCCCCCCCCCCCCCC(=O)OC(COC(=O)CCCCCCCC/C=C\C/C=C\C/C=C\C/C=C\CC)COC(OCC[N+](C)(C)C)C(=O)[O-]. The molecule has 0 aromatic heterocycles. The summed E-state index contributed by atoms with van der Waals surface area (Å²) in [5, 5.41) is 11.8. The zero-order valence-corrected chi connectivity index (χ0v) is 53.5. The van der Waals surface area contributed by atoms with Gasteiger partial charge in [0.25, 0.3) is 0 Å². The monoisotopic (exact) mass is 1150 g/mol. The van der Waals surface area contributed by atoms with Gasteiger partial charge in [-0.05, 0) is 116 Å². The first kappa shape index (κ1) is 78.2. The van der Waals surface area contributed by atoms with Gasteiger partial charge in [-0.1, -0.05) is 262 Å². The normalized spacial score (nSPS) is 13.7.